The number of amides is 3. The van der Waals surface area contributed by atoms with Crippen molar-refractivity contribution in [3.8, 4) is 0 Å². The molecule has 0 unspecified atom stereocenters. The molecule has 4 rings (SSSR count). The zero-order valence-corrected chi connectivity index (χ0v) is 14.7. The summed E-state index contributed by atoms with van der Waals surface area (Å²) in [7, 11) is 0. The van der Waals surface area contributed by atoms with Crippen LogP contribution in [0.2, 0.25) is 0 Å². The van der Waals surface area contributed by atoms with Crippen molar-refractivity contribution in [1.82, 2.24) is 4.90 Å². The number of carbonyl (C=O) groups is 3. The number of allylic oxidation sites excluding steroid dienone is 2. The third-order valence-corrected chi connectivity index (χ3v) is 5.92. The van der Waals surface area contributed by atoms with E-state index in [4.69, 9.17) is 0 Å². The summed E-state index contributed by atoms with van der Waals surface area (Å²) in [4.78, 5) is 39.5. The fourth-order valence-corrected chi connectivity index (χ4v) is 4.53. The summed E-state index contributed by atoms with van der Waals surface area (Å²) >= 11 is 0. The molecule has 0 aromatic heterocycles. The third kappa shape index (κ3) is 2.33. The number of hydrogen-bond donors (Lipinski definition) is 1. The van der Waals surface area contributed by atoms with E-state index in [1.54, 1.807) is 6.92 Å². The Morgan fingerprint density at radius 1 is 1.12 bits per heavy atom. The molecule has 0 spiro atoms. The summed E-state index contributed by atoms with van der Waals surface area (Å²) in [5, 5.41) is 2.87. The second-order valence-corrected chi connectivity index (χ2v) is 7.53. The van der Waals surface area contributed by atoms with E-state index >= 15 is 0 Å². The lowest BCUT2D eigenvalue weighted by atomic mass is 9.85. The van der Waals surface area contributed by atoms with Gasteiger partial charge in [-0.2, -0.15) is 0 Å². The highest BCUT2D eigenvalue weighted by Gasteiger charge is 2.60. The van der Waals surface area contributed by atoms with Crippen LogP contribution >= 0.6 is 0 Å². The van der Waals surface area contributed by atoms with Crippen LogP contribution in [-0.2, 0) is 14.4 Å². The molecule has 3 aliphatic rings. The molecular formula is C20H22N2O3. The van der Waals surface area contributed by atoms with E-state index in [1.165, 1.54) is 4.90 Å². The maximum atomic E-state index is 12.8. The molecule has 1 heterocycles. The highest BCUT2D eigenvalue weighted by Crippen LogP contribution is 2.52. The number of hydrogen-bond acceptors (Lipinski definition) is 3. The minimum absolute atomic E-state index is 0.158. The van der Waals surface area contributed by atoms with Crippen molar-refractivity contribution < 1.29 is 14.4 Å². The summed E-state index contributed by atoms with van der Waals surface area (Å²) in [6, 6.07) is 5.01. The molecule has 25 heavy (non-hydrogen) atoms. The first-order valence-corrected chi connectivity index (χ1v) is 8.82. The molecular weight excluding hydrogens is 316 g/mol. The first kappa shape index (κ1) is 16.1. The van der Waals surface area contributed by atoms with Crippen molar-refractivity contribution in [1.29, 1.82) is 0 Å². The highest BCUT2D eigenvalue weighted by atomic mass is 16.2. The van der Waals surface area contributed by atoms with E-state index in [2.05, 4.69) is 17.5 Å². The SMILES string of the molecule is Cc1ccc(C)c(NC(=O)[C@H](C)N2C(=O)[C@@H]3[C@H](C2=O)[C@H]2C=C[C@H]3C2)c1. The van der Waals surface area contributed by atoms with Gasteiger partial charge < -0.3 is 5.32 Å². The molecule has 5 nitrogen and oxygen atoms in total. The molecule has 1 saturated heterocycles. The van der Waals surface area contributed by atoms with Gasteiger partial charge in [-0.15, -0.1) is 0 Å². The third-order valence-electron chi connectivity index (χ3n) is 5.92. The average Bonchev–Trinajstić information content (AvgIpc) is 3.24. The van der Waals surface area contributed by atoms with Gasteiger partial charge in [0.05, 0.1) is 11.8 Å². The lowest BCUT2D eigenvalue weighted by Crippen LogP contribution is -2.46. The maximum Gasteiger partial charge on any atom is 0.247 e. The minimum Gasteiger partial charge on any atom is -0.324 e. The summed E-state index contributed by atoms with van der Waals surface area (Å²) in [5.41, 5.74) is 2.71. The first-order chi connectivity index (χ1) is 11.9. The number of nitrogens with zero attached hydrogens (tertiary/aromatic N) is 1. The molecule has 2 bridgehead atoms. The molecule has 2 aliphatic carbocycles. The van der Waals surface area contributed by atoms with E-state index in [9.17, 15) is 14.4 Å². The van der Waals surface area contributed by atoms with Crippen LogP contribution in [0.1, 0.15) is 24.5 Å². The Bertz CT molecular complexity index is 783. The van der Waals surface area contributed by atoms with E-state index in [1.807, 2.05) is 32.0 Å². The monoisotopic (exact) mass is 338 g/mol. The maximum absolute atomic E-state index is 12.8. The van der Waals surface area contributed by atoms with E-state index in [0.717, 1.165) is 23.2 Å². The van der Waals surface area contributed by atoms with E-state index in [0.29, 0.717) is 0 Å². The van der Waals surface area contributed by atoms with Gasteiger partial charge >= 0.3 is 0 Å². The lowest BCUT2D eigenvalue weighted by Gasteiger charge is -2.24. The van der Waals surface area contributed by atoms with Crippen LogP contribution in [0.25, 0.3) is 0 Å². The first-order valence-electron chi connectivity index (χ1n) is 8.82. The van der Waals surface area contributed by atoms with Gasteiger partial charge in [0, 0.05) is 5.69 Å². The number of benzene rings is 1. The Labute approximate surface area is 147 Å². The predicted molar refractivity (Wildman–Crippen MR) is 93.6 cm³/mol. The Kier molecular flexibility index (Phi) is 3.56. The lowest BCUT2D eigenvalue weighted by molar-refractivity contribution is -0.146. The fourth-order valence-electron chi connectivity index (χ4n) is 4.53. The zero-order chi connectivity index (χ0) is 17.9. The van der Waals surface area contributed by atoms with Gasteiger partial charge in [0.1, 0.15) is 6.04 Å². The predicted octanol–water partition coefficient (Wildman–Crippen LogP) is 2.44. The topological polar surface area (TPSA) is 66.5 Å². The standard InChI is InChI=1S/C20H22N2O3/c1-10-4-5-11(2)15(8-10)21-18(23)12(3)22-19(24)16-13-6-7-14(9-13)17(16)20(22)25/h4-8,12-14,16-17H,9H2,1-3H3,(H,21,23)/t12-,13-,14-,16-,17+/m0/s1. The van der Waals surface area contributed by atoms with Crippen LogP contribution in [0.5, 0.6) is 0 Å². The van der Waals surface area contributed by atoms with Gasteiger partial charge in [-0.25, -0.2) is 0 Å². The van der Waals surface area contributed by atoms with Crippen molar-refractivity contribution >= 4 is 23.4 Å². The molecule has 130 valence electrons. The van der Waals surface area contributed by atoms with Gasteiger partial charge in [0.15, 0.2) is 0 Å². The Balaban J connectivity index is 1.54. The summed E-state index contributed by atoms with van der Waals surface area (Å²) < 4.78 is 0. The smallest absolute Gasteiger partial charge is 0.247 e. The van der Waals surface area contributed by atoms with Crippen LogP contribution < -0.4 is 5.32 Å². The summed E-state index contributed by atoms with van der Waals surface area (Å²) in [6.07, 6.45) is 5.01. The van der Waals surface area contributed by atoms with E-state index < -0.39 is 6.04 Å². The largest absolute Gasteiger partial charge is 0.324 e. The number of anilines is 1. The zero-order valence-electron chi connectivity index (χ0n) is 14.7. The van der Waals surface area contributed by atoms with Gasteiger partial charge in [0.25, 0.3) is 0 Å². The van der Waals surface area contributed by atoms with E-state index in [-0.39, 0.29) is 41.4 Å². The molecule has 1 saturated carbocycles. The number of likely N-dealkylation sites (tertiary alicyclic amines) is 1. The minimum atomic E-state index is -0.801. The molecule has 1 aromatic carbocycles. The number of imide groups is 1. The molecule has 1 aromatic rings. The Morgan fingerprint density at radius 3 is 2.32 bits per heavy atom. The number of aryl methyl sites for hydroxylation is 2. The molecule has 1 aliphatic heterocycles. The van der Waals surface area contributed by atoms with Gasteiger partial charge in [0.2, 0.25) is 17.7 Å². The van der Waals surface area contributed by atoms with Crippen LogP contribution in [0, 0.1) is 37.5 Å². The second kappa shape index (κ2) is 5.55. The molecule has 3 amide bonds. The molecule has 1 N–H and O–H groups in total. The number of fused-ring (bicyclic) bond motifs is 5. The molecule has 0 radical (unpaired) electrons. The van der Waals surface area contributed by atoms with Gasteiger partial charge in [-0.05, 0) is 56.2 Å². The van der Waals surface area contributed by atoms with Crippen molar-refractivity contribution in [3.63, 3.8) is 0 Å². The normalized spacial score (nSPS) is 30.8. The van der Waals surface area contributed by atoms with Crippen LogP contribution in [-0.4, -0.2) is 28.7 Å². The van der Waals surface area contributed by atoms with Crippen LogP contribution in [0.4, 0.5) is 5.69 Å². The highest BCUT2D eigenvalue weighted by molar-refractivity contribution is 6.10. The van der Waals surface area contributed by atoms with Crippen LogP contribution in [0.3, 0.4) is 0 Å². The van der Waals surface area contributed by atoms with Crippen LogP contribution in [0.15, 0.2) is 30.4 Å². The molecule has 5 atom stereocenters. The second-order valence-electron chi connectivity index (χ2n) is 7.53. The average molecular weight is 338 g/mol. The van der Waals surface area contributed by atoms with Gasteiger partial charge in [-0.1, -0.05) is 24.3 Å². The van der Waals surface area contributed by atoms with Crippen molar-refractivity contribution in [3.05, 3.63) is 41.5 Å². The van der Waals surface area contributed by atoms with Gasteiger partial charge in [-0.3, -0.25) is 19.3 Å². The Hall–Kier alpha value is -2.43. The van der Waals surface area contributed by atoms with Crippen molar-refractivity contribution in [2.45, 2.75) is 33.2 Å². The quantitative estimate of drug-likeness (QED) is 0.680. The number of carbonyl (C=O) groups excluding carboxylic acids is 3. The summed E-state index contributed by atoms with van der Waals surface area (Å²) in [5.74, 6) is -0.907. The van der Waals surface area contributed by atoms with Crippen molar-refractivity contribution in [2.75, 3.05) is 5.32 Å². The van der Waals surface area contributed by atoms with Crippen molar-refractivity contribution in [2.24, 2.45) is 23.7 Å². The molecule has 5 heteroatoms. The molecule has 2 fully saturated rings. The number of nitrogens with one attached hydrogen (secondary N) is 1. The Morgan fingerprint density at radius 2 is 1.72 bits per heavy atom. The summed E-state index contributed by atoms with van der Waals surface area (Å²) in [6.45, 7) is 5.50. The fraction of sp³-hybridized carbons (Fsp3) is 0.450. The number of rotatable bonds is 3.